The van der Waals surface area contributed by atoms with Crippen molar-refractivity contribution in [3.05, 3.63) is 88.9 Å². The normalized spacial score (nSPS) is 10.9. The molecule has 0 radical (unpaired) electrons. The van der Waals surface area contributed by atoms with Gasteiger partial charge in [0.15, 0.2) is 6.61 Å². The van der Waals surface area contributed by atoms with E-state index in [4.69, 9.17) is 21.4 Å². The van der Waals surface area contributed by atoms with Gasteiger partial charge in [0, 0.05) is 6.54 Å². The van der Waals surface area contributed by atoms with Crippen LogP contribution in [0.25, 0.3) is 0 Å². The first kappa shape index (κ1) is 24.1. The molecule has 3 N–H and O–H groups in total. The number of carboxylic acid groups (broad SMARTS) is 1. The molecule has 0 aliphatic rings. The van der Waals surface area contributed by atoms with Gasteiger partial charge in [0.25, 0.3) is 15.9 Å². The van der Waals surface area contributed by atoms with E-state index < -0.39 is 28.5 Å². The molecule has 0 saturated heterocycles. The maximum Gasteiger partial charge on any atom is 0.341 e. The second kappa shape index (κ2) is 10.8. The van der Waals surface area contributed by atoms with Crippen molar-refractivity contribution in [2.24, 2.45) is 0 Å². The van der Waals surface area contributed by atoms with E-state index in [-0.39, 0.29) is 26.9 Å². The molecule has 33 heavy (non-hydrogen) atoms. The summed E-state index contributed by atoms with van der Waals surface area (Å²) in [4.78, 5) is 23.1. The molecule has 10 heteroatoms. The molecule has 0 saturated carbocycles. The van der Waals surface area contributed by atoms with Gasteiger partial charge in [-0.05, 0) is 42.3 Å². The fourth-order valence-electron chi connectivity index (χ4n) is 2.94. The minimum absolute atomic E-state index is 0.0382. The zero-order valence-corrected chi connectivity index (χ0v) is 18.9. The van der Waals surface area contributed by atoms with Crippen LogP contribution in [-0.2, 0) is 21.2 Å². The number of carbonyl (C=O) groups excluding carboxylic acids is 1. The monoisotopic (exact) mass is 488 g/mol. The molecule has 0 fully saturated rings. The van der Waals surface area contributed by atoms with Gasteiger partial charge in [-0.15, -0.1) is 0 Å². The summed E-state index contributed by atoms with van der Waals surface area (Å²) in [5.74, 6) is -1.57. The molecule has 0 aromatic heterocycles. The van der Waals surface area contributed by atoms with Crippen molar-refractivity contribution in [3.8, 4) is 5.75 Å². The number of halogens is 1. The number of aliphatic carboxylic acids is 1. The van der Waals surface area contributed by atoms with Gasteiger partial charge in [-0.25, -0.2) is 13.2 Å². The summed E-state index contributed by atoms with van der Waals surface area (Å²) in [6.45, 7) is -0.228. The number of carbonyl (C=O) groups is 2. The van der Waals surface area contributed by atoms with Crippen LogP contribution in [0.4, 0.5) is 5.69 Å². The molecule has 172 valence electrons. The lowest BCUT2D eigenvalue weighted by Gasteiger charge is -2.14. The van der Waals surface area contributed by atoms with Crippen LogP contribution in [0, 0.1) is 0 Å². The van der Waals surface area contributed by atoms with Crippen LogP contribution in [0.2, 0.25) is 5.02 Å². The Morgan fingerprint density at radius 3 is 2.36 bits per heavy atom. The molecule has 0 unspecified atom stereocenters. The zero-order valence-electron chi connectivity index (χ0n) is 17.3. The van der Waals surface area contributed by atoms with E-state index in [0.29, 0.717) is 13.0 Å². The summed E-state index contributed by atoms with van der Waals surface area (Å²) < 4.78 is 33.1. The number of amides is 1. The van der Waals surface area contributed by atoms with Crippen LogP contribution in [-0.4, -0.2) is 38.6 Å². The van der Waals surface area contributed by atoms with E-state index in [0.717, 1.165) is 11.6 Å². The zero-order chi connectivity index (χ0) is 23.8. The molecule has 0 spiro atoms. The third-order valence-corrected chi connectivity index (χ3v) is 6.18. The summed E-state index contributed by atoms with van der Waals surface area (Å²) >= 11 is 6.04. The Kier molecular flexibility index (Phi) is 7.92. The lowest BCUT2D eigenvalue weighted by atomic mass is 10.1. The van der Waals surface area contributed by atoms with E-state index in [1.165, 1.54) is 24.3 Å². The molecule has 0 atom stereocenters. The van der Waals surface area contributed by atoms with Gasteiger partial charge < -0.3 is 15.2 Å². The van der Waals surface area contributed by atoms with Gasteiger partial charge in [-0.1, -0.05) is 54.1 Å². The molecule has 3 rings (SSSR count). The molecule has 3 aromatic rings. The Morgan fingerprint density at radius 2 is 1.67 bits per heavy atom. The number of hydrogen-bond donors (Lipinski definition) is 3. The largest absolute Gasteiger partial charge is 0.480 e. The molecular weight excluding hydrogens is 468 g/mol. The molecule has 1 amide bonds. The average molecular weight is 489 g/mol. The highest BCUT2D eigenvalue weighted by Gasteiger charge is 2.20. The highest BCUT2D eigenvalue weighted by Crippen LogP contribution is 2.29. The molecule has 3 aromatic carbocycles. The van der Waals surface area contributed by atoms with E-state index in [1.54, 1.807) is 12.1 Å². The SMILES string of the molecule is O=C(O)COc1ccc(S(=O)(=O)Nc2ccccc2C(=O)NCCc2ccccc2)cc1Cl. The molecular formula is C23H21ClN2O6S. The number of carboxylic acids is 1. The number of ether oxygens (including phenoxy) is 1. The van der Waals surface area contributed by atoms with Gasteiger partial charge in [0.2, 0.25) is 0 Å². The predicted molar refractivity (Wildman–Crippen MR) is 124 cm³/mol. The summed E-state index contributed by atoms with van der Waals surface area (Å²) in [5.41, 5.74) is 1.35. The van der Waals surface area contributed by atoms with E-state index in [9.17, 15) is 18.0 Å². The van der Waals surface area contributed by atoms with Crippen molar-refractivity contribution >= 4 is 39.2 Å². The molecule has 0 aliphatic heterocycles. The number of nitrogens with one attached hydrogen (secondary N) is 2. The van der Waals surface area contributed by atoms with Crippen LogP contribution in [0.1, 0.15) is 15.9 Å². The second-order valence-electron chi connectivity index (χ2n) is 6.92. The predicted octanol–water partition coefficient (Wildman–Crippen LogP) is 3.58. The van der Waals surface area contributed by atoms with Crippen molar-refractivity contribution in [1.82, 2.24) is 5.32 Å². The van der Waals surface area contributed by atoms with E-state index in [1.807, 2.05) is 30.3 Å². The number of hydrogen-bond acceptors (Lipinski definition) is 5. The quantitative estimate of drug-likeness (QED) is 0.401. The number of para-hydroxylation sites is 1. The van der Waals surface area contributed by atoms with Gasteiger partial charge in [-0.3, -0.25) is 9.52 Å². The van der Waals surface area contributed by atoms with E-state index >= 15 is 0 Å². The smallest absolute Gasteiger partial charge is 0.341 e. The van der Waals surface area contributed by atoms with Crippen LogP contribution >= 0.6 is 11.6 Å². The van der Waals surface area contributed by atoms with Crippen molar-refractivity contribution in [1.29, 1.82) is 0 Å². The minimum atomic E-state index is -4.09. The number of anilines is 1. The van der Waals surface area contributed by atoms with Gasteiger partial charge in [0.05, 0.1) is 21.2 Å². The number of sulfonamides is 1. The lowest BCUT2D eigenvalue weighted by Crippen LogP contribution is -2.27. The molecule has 0 heterocycles. The van der Waals surface area contributed by atoms with Crippen molar-refractivity contribution < 1.29 is 27.9 Å². The standard InChI is InChI=1S/C23H21ClN2O6S/c24-19-14-17(10-11-21(19)32-15-22(27)28)33(30,31)26-20-9-5-4-8-18(20)23(29)25-13-12-16-6-2-1-3-7-16/h1-11,14,26H,12-13,15H2,(H,25,29)(H,27,28). The Bertz CT molecular complexity index is 1250. The second-order valence-corrected chi connectivity index (χ2v) is 9.01. The third-order valence-electron chi connectivity index (χ3n) is 4.52. The van der Waals surface area contributed by atoms with Gasteiger partial charge >= 0.3 is 5.97 Å². The summed E-state index contributed by atoms with van der Waals surface area (Å²) in [5, 5.41) is 11.4. The summed E-state index contributed by atoms with van der Waals surface area (Å²) in [6.07, 6.45) is 0.634. The highest BCUT2D eigenvalue weighted by atomic mass is 35.5. The maximum atomic E-state index is 12.9. The van der Waals surface area contributed by atoms with Crippen molar-refractivity contribution in [2.75, 3.05) is 17.9 Å². The maximum absolute atomic E-state index is 12.9. The first-order valence-corrected chi connectivity index (χ1v) is 11.7. The van der Waals surface area contributed by atoms with Crippen molar-refractivity contribution in [3.63, 3.8) is 0 Å². The van der Waals surface area contributed by atoms with E-state index in [2.05, 4.69) is 10.0 Å². The topological polar surface area (TPSA) is 122 Å². The minimum Gasteiger partial charge on any atom is -0.480 e. The Labute approximate surface area is 196 Å². The van der Waals surface area contributed by atoms with Crippen LogP contribution in [0.5, 0.6) is 5.75 Å². The Hall–Kier alpha value is -3.56. The van der Waals surface area contributed by atoms with Crippen molar-refractivity contribution in [2.45, 2.75) is 11.3 Å². The van der Waals surface area contributed by atoms with Gasteiger partial charge in [-0.2, -0.15) is 0 Å². The summed E-state index contributed by atoms with van der Waals surface area (Å²) in [6, 6.07) is 19.5. The van der Waals surface area contributed by atoms with Crippen LogP contribution in [0.15, 0.2) is 77.7 Å². The fourth-order valence-corrected chi connectivity index (χ4v) is 4.34. The van der Waals surface area contributed by atoms with Crippen LogP contribution < -0.4 is 14.8 Å². The first-order valence-electron chi connectivity index (χ1n) is 9.84. The van der Waals surface area contributed by atoms with Gasteiger partial charge in [0.1, 0.15) is 5.75 Å². The summed E-state index contributed by atoms with van der Waals surface area (Å²) in [7, 11) is -4.09. The Morgan fingerprint density at radius 1 is 0.970 bits per heavy atom. The fraction of sp³-hybridized carbons (Fsp3) is 0.130. The van der Waals surface area contributed by atoms with Crippen LogP contribution in [0.3, 0.4) is 0 Å². The first-order chi connectivity index (χ1) is 15.8. The molecule has 0 aliphatic carbocycles. The Balaban J connectivity index is 1.72. The third kappa shape index (κ3) is 6.71. The number of rotatable bonds is 10. The molecule has 0 bridgehead atoms. The average Bonchev–Trinajstić information content (AvgIpc) is 2.79. The number of benzene rings is 3. The molecule has 8 nitrogen and oxygen atoms in total. The lowest BCUT2D eigenvalue weighted by molar-refractivity contribution is -0.139. The highest BCUT2D eigenvalue weighted by molar-refractivity contribution is 7.92.